The Labute approximate surface area is 104 Å². The number of imidazole rings is 1. The predicted molar refractivity (Wildman–Crippen MR) is 67.6 cm³/mol. The van der Waals surface area contributed by atoms with Gasteiger partial charge in [-0.15, -0.1) is 0 Å². The second kappa shape index (κ2) is 5.67. The van der Waals surface area contributed by atoms with E-state index in [2.05, 4.69) is 15.3 Å². The molecule has 3 N–H and O–H groups in total. The molecule has 5 heteroatoms. The maximum atomic E-state index is 11.5. The fourth-order valence-corrected chi connectivity index (χ4v) is 1.38. The summed E-state index contributed by atoms with van der Waals surface area (Å²) in [4.78, 5) is 18.4. The summed E-state index contributed by atoms with van der Waals surface area (Å²) < 4.78 is 0. The lowest BCUT2D eigenvalue weighted by Crippen LogP contribution is -2.20. The summed E-state index contributed by atoms with van der Waals surface area (Å²) in [5.41, 5.74) is 0.848. The van der Waals surface area contributed by atoms with Crippen molar-refractivity contribution in [3.05, 3.63) is 54.1 Å². The van der Waals surface area contributed by atoms with Crippen molar-refractivity contribution in [2.24, 2.45) is 0 Å². The van der Waals surface area contributed by atoms with Gasteiger partial charge >= 0.3 is 0 Å². The monoisotopic (exact) mass is 243 g/mol. The summed E-state index contributed by atoms with van der Waals surface area (Å²) in [6.07, 6.45) is 6.45. The van der Waals surface area contributed by atoms with Gasteiger partial charge in [-0.3, -0.25) is 4.79 Å². The second-order valence-corrected chi connectivity index (χ2v) is 3.68. The molecule has 18 heavy (non-hydrogen) atoms. The van der Waals surface area contributed by atoms with Crippen molar-refractivity contribution < 1.29 is 9.90 Å². The van der Waals surface area contributed by atoms with Crippen molar-refractivity contribution >= 4 is 12.0 Å². The molecule has 0 spiro atoms. The zero-order valence-corrected chi connectivity index (χ0v) is 9.63. The number of hydrogen-bond donors (Lipinski definition) is 3. The minimum Gasteiger partial charge on any atom is -0.508 e. The minimum absolute atomic E-state index is 0.195. The van der Waals surface area contributed by atoms with Crippen molar-refractivity contribution in [2.45, 2.75) is 6.54 Å². The standard InChI is InChI=1S/C13H13N3O2/c17-11-4-1-10(2-5-11)3-6-13(18)16-9-12-14-7-8-15-12/h1-8,17H,9H2,(H,14,15)(H,16,18). The van der Waals surface area contributed by atoms with E-state index in [9.17, 15) is 4.79 Å². The number of nitrogens with zero attached hydrogens (tertiary/aromatic N) is 1. The molecular formula is C13H13N3O2. The van der Waals surface area contributed by atoms with Gasteiger partial charge in [-0.1, -0.05) is 12.1 Å². The summed E-state index contributed by atoms with van der Waals surface area (Å²) in [6.45, 7) is 0.367. The summed E-state index contributed by atoms with van der Waals surface area (Å²) in [7, 11) is 0. The van der Waals surface area contributed by atoms with Gasteiger partial charge in [0.2, 0.25) is 5.91 Å². The molecule has 0 bridgehead atoms. The number of phenols is 1. The first-order valence-corrected chi connectivity index (χ1v) is 5.47. The van der Waals surface area contributed by atoms with Gasteiger partial charge in [0.15, 0.2) is 0 Å². The fraction of sp³-hybridized carbons (Fsp3) is 0.0769. The molecule has 5 nitrogen and oxygen atoms in total. The third-order valence-corrected chi connectivity index (χ3v) is 2.31. The molecule has 0 aliphatic carbocycles. The molecule has 2 aromatic rings. The number of carbonyl (C=O) groups is 1. The Kier molecular flexibility index (Phi) is 3.76. The Bertz CT molecular complexity index is 530. The number of benzene rings is 1. The molecule has 0 saturated carbocycles. The Morgan fingerprint density at radius 1 is 1.39 bits per heavy atom. The molecule has 1 aromatic heterocycles. The number of H-pyrrole nitrogens is 1. The number of amides is 1. The average molecular weight is 243 g/mol. The third kappa shape index (κ3) is 3.48. The third-order valence-electron chi connectivity index (χ3n) is 2.31. The quantitative estimate of drug-likeness (QED) is 0.711. The van der Waals surface area contributed by atoms with Gasteiger partial charge in [-0.05, 0) is 23.8 Å². The van der Waals surface area contributed by atoms with Crippen LogP contribution in [0.2, 0.25) is 0 Å². The van der Waals surface area contributed by atoms with Crippen molar-refractivity contribution in [3.8, 4) is 5.75 Å². The number of nitrogens with one attached hydrogen (secondary N) is 2. The zero-order valence-electron chi connectivity index (χ0n) is 9.63. The van der Waals surface area contributed by atoms with E-state index in [0.29, 0.717) is 12.4 Å². The van der Waals surface area contributed by atoms with Crippen molar-refractivity contribution in [2.75, 3.05) is 0 Å². The number of rotatable bonds is 4. The highest BCUT2D eigenvalue weighted by atomic mass is 16.3. The summed E-state index contributed by atoms with van der Waals surface area (Å²) >= 11 is 0. The Balaban J connectivity index is 1.85. The highest BCUT2D eigenvalue weighted by Gasteiger charge is 1.97. The highest BCUT2D eigenvalue weighted by molar-refractivity contribution is 5.91. The van der Waals surface area contributed by atoms with Crippen LogP contribution < -0.4 is 5.32 Å². The van der Waals surface area contributed by atoms with Crippen LogP contribution in [0.15, 0.2) is 42.7 Å². The van der Waals surface area contributed by atoms with Gasteiger partial charge in [0, 0.05) is 18.5 Å². The van der Waals surface area contributed by atoms with E-state index >= 15 is 0 Å². The van der Waals surface area contributed by atoms with Crippen molar-refractivity contribution in [3.63, 3.8) is 0 Å². The number of carbonyl (C=O) groups excluding carboxylic acids is 1. The molecular weight excluding hydrogens is 230 g/mol. The first-order valence-electron chi connectivity index (χ1n) is 5.47. The first kappa shape index (κ1) is 11.9. The molecule has 1 amide bonds. The van der Waals surface area contributed by atoms with Gasteiger partial charge in [0.25, 0.3) is 0 Å². The lowest BCUT2D eigenvalue weighted by atomic mass is 10.2. The maximum Gasteiger partial charge on any atom is 0.244 e. The fourth-order valence-electron chi connectivity index (χ4n) is 1.38. The van der Waals surface area contributed by atoms with Crippen LogP contribution in [0, 0.1) is 0 Å². The summed E-state index contributed by atoms with van der Waals surface area (Å²) in [6, 6.07) is 6.60. The molecule has 2 rings (SSSR count). The summed E-state index contributed by atoms with van der Waals surface area (Å²) in [5, 5.41) is 11.8. The van der Waals surface area contributed by atoms with E-state index in [4.69, 9.17) is 5.11 Å². The van der Waals surface area contributed by atoms with Gasteiger partial charge in [-0.2, -0.15) is 0 Å². The minimum atomic E-state index is -0.195. The number of hydrogen-bond acceptors (Lipinski definition) is 3. The van der Waals surface area contributed by atoms with Gasteiger partial charge in [-0.25, -0.2) is 4.98 Å². The van der Waals surface area contributed by atoms with Gasteiger partial charge in [0.1, 0.15) is 11.6 Å². The van der Waals surface area contributed by atoms with Crippen LogP contribution in [-0.4, -0.2) is 21.0 Å². The molecule has 0 unspecified atom stereocenters. The predicted octanol–water partition coefficient (Wildman–Crippen LogP) is 1.44. The topological polar surface area (TPSA) is 78.0 Å². The zero-order chi connectivity index (χ0) is 12.8. The van der Waals surface area contributed by atoms with Crippen LogP contribution in [0.4, 0.5) is 0 Å². The molecule has 0 fully saturated rings. The largest absolute Gasteiger partial charge is 0.508 e. The lowest BCUT2D eigenvalue weighted by molar-refractivity contribution is -0.116. The Hall–Kier alpha value is -2.56. The molecule has 0 radical (unpaired) electrons. The molecule has 0 saturated heterocycles. The summed E-state index contributed by atoms with van der Waals surface area (Å²) in [5.74, 6) is 0.718. The smallest absolute Gasteiger partial charge is 0.244 e. The van der Waals surface area contributed by atoms with E-state index < -0.39 is 0 Å². The van der Waals surface area contributed by atoms with Crippen LogP contribution in [0.1, 0.15) is 11.4 Å². The maximum absolute atomic E-state index is 11.5. The lowest BCUT2D eigenvalue weighted by Gasteiger charge is -1.98. The average Bonchev–Trinajstić information content (AvgIpc) is 2.89. The number of aromatic amines is 1. The van der Waals surface area contributed by atoms with Crippen LogP contribution >= 0.6 is 0 Å². The van der Waals surface area contributed by atoms with E-state index in [-0.39, 0.29) is 11.7 Å². The second-order valence-electron chi connectivity index (χ2n) is 3.68. The van der Waals surface area contributed by atoms with Gasteiger partial charge < -0.3 is 15.4 Å². The first-order chi connectivity index (χ1) is 8.74. The van der Waals surface area contributed by atoms with E-state index in [0.717, 1.165) is 5.56 Å². The van der Waals surface area contributed by atoms with Crippen LogP contribution in [-0.2, 0) is 11.3 Å². The molecule has 92 valence electrons. The van der Waals surface area contributed by atoms with E-state index in [1.807, 2.05) is 0 Å². The van der Waals surface area contributed by atoms with Crippen molar-refractivity contribution in [1.29, 1.82) is 0 Å². The Morgan fingerprint density at radius 3 is 2.83 bits per heavy atom. The molecule has 0 aliphatic heterocycles. The van der Waals surface area contributed by atoms with E-state index in [1.165, 1.54) is 6.08 Å². The highest BCUT2D eigenvalue weighted by Crippen LogP contribution is 2.10. The van der Waals surface area contributed by atoms with Crippen molar-refractivity contribution in [1.82, 2.24) is 15.3 Å². The SMILES string of the molecule is O=C(C=Cc1ccc(O)cc1)NCc1ncc[nH]1. The number of aromatic hydroxyl groups is 1. The molecule has 0 atom stereocenters. The number of aromatic nitrogens is 2. The number of phenolic OH excluding ortho intramolecular Hbond substituents is 1. The molecule has 1 heterocycles. The Morgan fingerprint density at radius 2 is 2.17 bits per heavy atom. The normalized spacial score (nSPS) is 10.7. The molecule has 0 aliphatic rings. The van der Waals surface area contributed by atoms with Crippen LogP contribution in [0.25, 0.3) is 6.08 Å². The van der Waals surface area contributed by atoms with Gasteiger partial charge in [0.05, 0.1) is 6.54 Å². The van der Waals surface area contributed by atoms with E-state index in [1.54, 1.807) is 42.7 Å². The molecule has 1 aromatic carbocycles. The van der Waals surface area contributed by atoms with Crippen LogP contribution in [0.5, 0.6) is 5.75 Å². The van der Waals surface area contributed by atoms with Crippen LogP contribution in [0.3, 0.4) is 0 Å².